The summed E-state index contributed by atoms with van der Waals surface area (Å²) >= 11 is 2.43. The number of aryl methyl sites for hydroxylation is 6. The topological polar surface area (TPSA) is 0 Å². The summed E-state index contributed by atoms with van der Waals surface area (Å²) in [5.41, 5.74) is 13.0. The smallest absolute Gasteiger partial charge is 1.00 e. The van der Waals surface area contributed by atoms with Crippen molar-refractivity contribution in [2.45, 2.75) is 57.6 Å². The van der Waals surface area contributed by atoms with E-state index in [1.165, 1.54) is 55.6 Å². The second kappa shape index (κ2) is 11.8. The SMILES string of the molecule is CC1=CC=C[C]1([Ti+3])C(c1cc(C)cc(C)c1)(c1cc(C)cc(C)c1)c1cc(C)cc(C)c1.[Cl-].[Cl-].[Cl-]. The zero-order valence-corrected chi connectivity index (χ0v) is 25.4. The minimum atomic E-state index is -0.342. The minimum Gasteiger partial charge on any atom is -1.00 e. The third-order valence-corrected chi connectivity index (χ3v) is 8.33. The van der Waals surface area contributed by atoms with Crippen LogP contribution in [-0.2, 0) is 25.9 Å². The maximum absolute atomic E-state index is 2.43. The van der Waals surface area contributed by atoms with Crippen molar-refractivity contribution >= 4 is 0 Å². The molecular formula is C31H33Cl3Ti. The van der Waals surface area contributed by atoms with E-state index in [2.05, 4.69) is 142 Å². The zero-order chi connectivity index (χ0) is 23.3. The molecule has 0 saturated heterocycles. The summed E-state index contributed by atoms with van der Waals surface area (Å²) in [6.07, 6.45) is 6.97. The van der Waals surface area contributed by atoms with Crippen LogP contribution < -0.4 is 37.2 Å². The fourth-order valence-electron chi connectivity index (χ4n) is 5.78. The molecule has 4 rings (SSSR count). The number of benzene rings is 3. The van der Waals surface area contributed by atoms with Crippen molar-refractivity contribution in [1.29, 1.82) is 0 Å². The molecule has 1 aliphatic carbocycles. The van der Waals surface area contributed by atoms with E-state index in [0.29, 0.717) is 0 Å². The van der Waals surface area contributed by atoms with Crippen molar-refractivity contribution < 1.29 is 57.7 Å². The second-order valence-electron chi connectivity index (χ2n) is 9.90. The van der Waals surface area contributed by atoms with E-state index >= 15 is 0 Å². The van der Waals surface area contributed by atoms with Gasteiger partial charge in [-0.15, -0.1) is 0 Å². The molecule has 3 aromatic carbocycles. The van der Waals surface area contributed by atoms with Crippen molar-refractivity contribution in [1.82, 2.24) is 0 Å². The third-order valence-electron chi connectivity index (χ3n) is 6.87. The Bertz CT molecular complexity index is 1090. The van der Waals surface area contributed by atoms with Crippen LogP contribution in [0.5, 0.6) is 0 Å². The Morgan fingerprint density at radius 2 is 0.800 bits per heavy atom. The number of hydrogen-bond donors (Lipinski definition) is 0. The molecule has 0 saturated carbocycles. The Hall–Kier alpha value is -1.28. The first-order chi connectivity index (χ1) is 15.1. The molecule has 4 heteroatoms. The molecule has 0 amide bonds. The quantitative estimate of drug-likeness (QED) is 0.288. The van der Waals surface area contributed by atoms with Gasteiger partial charge in [-0.25, -0.2) is 0 Å². The Kier molecular flexibility index (Phi) is 10.7. The Balaban J connectivity index is 0.00000204. The molecule has 0 bridgehead atoms. The van der Waals surface area contributed by atoms with Gasteiger partial charge in [0.2, 0.25) is 0 Å². The van der Waals surface area contributed by atoms with E-state index in [4.69, 9.17) is 0 Å². The molecule has 0 heterocycles. The first-order valence-corrected chi connectivity index (χ1v) is 12.2. The van der Waals surface area contributed by atoms with Gasteiger partial charge in [-0.1, -0.05) is 0 Å². The summed E-state index contributed by atoms with van der Waals surface area (Å²) in [7, 11) is 0. The molecule has 1 unspecified atom stereocenters. The van der Waals surface area contributed by atoms with Crippen LogP contribution in [0.2, 0.25) is 3.72 Å². The van der Waals surface area contributed by atoms with Crippen LogP contribution in [0.15, 0.2) is 78.4 Å². The summed E-state index contributed by atoms with van der Waals surface area (Å²) in [6.45, 7) is 15.6. The maximum Gasteiger partial charge on any atom is -1.00 e. The maximum atomic E-state index is 2.43. The standard InChI is InChI=1S/C31H33.3ClH.Ti/c1-20-11-21(2)15-27(14-20)31(30-10-8-9-26(30)7,28-16-22(3)12-23(4)17-28)29-18-24(5)13-25(6)19-29;;;;/h8-19H,1-7H3;3*1H;/q;;;;+3/p-3. The summed E-state index contributed by atoms with van der Waals surface area (Å²) in [5.74, 6) is 0. The van der Waals surface area contributed by atoms with Gasteiger partial charge in [0.05, 0.1) is 0 Å². The largest absolute Gasteiger partial charge is 1.00 e. The Morgan fingerprint density at radius 3 is 1.03 bits per heavy atom. The van der Waals surface area contributed by atoms with Crippen LogP contribution in [0.3, 0.4) is 0 Å². The fourth-order valence-corrected chi connectivity index (χ4v) is 6.73. The first-order valence-electron chi connectivity index (χ1n) is 11.4. The molecule has 0 aromatic heterocycles. The van der Waals surface area contributed by atoms with Crippen molar-refractivity contribution in [2.75, 3.05) is 0 Å². The van der Waals surface area contributed by atoms with Gasteiger partial charge in [0.25, 0.3) is 0 Å². The minimum absolute atomic E-state index is 0. The van der Waals surface area contributed by atoms with E-state index in [-0.39, 0.29) is 46.4 Å². The zero-order valence-electron chi connectivity index (χ0n) is 21.6. The van der Waals surface area contributed by atoms with Gasteiger partial charge in [-0.3, -0.25) is 0 Å². The van der Waals surface area contributed by atoms with Crippen LogP contribution in [-0.4, -0.2) is 0 Å². The van der Waals surface area contributed by atoms with Crippen LogP contribution in [0, 0.1) is 41.5 Å². The third kappa shape index (κ3) is 5.53. The average molecular weight is 560 g/mol. The molecule has 0 radical (unpaired) electrons. The molecule has 35 heavy (non-hydrogen) atoms. The van der Waals surface area contributed by atoms with Crippen molar-refractivity contribution in [3.8, 4) is 0 Å². The first kappa shape index (κ1) is 31.8. The molecule has 1 aliphatic rings. The molecule has 182 valence electrons. The predicted octanol–water partition coefficient (Wildman–Crippen LogP) is -0.895. The van der Waals surface area contributed by atoms with Gasteiger partial charge >= 0.3 is 207 Å². The Labute approximate surface area is 242 Å². The summed E-state index contributed by atoms with van der Waals surface area (Å²) in [6, 6.07) is 21.3. The number of rotatable bonds is 4. The monoisotopic (exact) mass is 558 g/mol. The van der Waals surface area contributed by atoms with Crippen LogP contribution >= 0.6 is 0 Å². The predicted molar refractivity (Wildman–Crippen MR) is 133 cm³/mol. The van der Waals surface area contributed by atoms with Gasteiger partial charge in [-0.2, -0.15) is 0 Å². The van der Waals surface area contributed by atoms with E-state index in [9.17, 15) is 0 Å². The van der Waals surface area contributed by atoms with E-state index in [1.54, 1.807) is 0 Å². The van der Waals surface area contributed by atoms with Gasteiger partial charge in [-0.05, 0) is 0 Å². The molecule has 1 atom stereocenters. The van der Waals surface area contributed by atoms with Gasteiger partial charge in [0.15, 0.2) is 0 Å². The second-order valence-corrected chi connectivity index (χ2v) is 11.1. The molecule has 3 aromatic rings. The summed E-state index contributed by atoms with van der Waals surface area (Å²) in [4.78, 5) is 0. The molecule has 0 aliphatic heterocycles. The molecule has 0 N–H and O–H groups in total. The van der Waals surface area contributed by atoms with Gasteiger partial charge in [0.1, 0.15) is 0 Å². The van der Waals surface area contributed by atoms with Crippen LogP contribution in [0.1, 0.15) is 57.0 Å². The summed E-state index contributed by atoms with van der Waals surface area (Å²) in [5, 5.41) is 0. The molecule has 0 fully saturated rings. The van der Waals surface area contributed by atoms with E-state index in [1.807, 2.05) is 0 Å². The Morgan fingerprint density at radius 1 is 0.514 bits per heavy atom. The number of halogens is 3. The number of allylic oxidation sites excluding steroid dienone is 4. The van der Waals surface area contributed by atoms with Crippen molar-refractivity contribution in [2.24, 2.45) is 0 Å². The molecule has 0 spiro atoms. The number of hydrogen-bond acceptors (Lipinski definition) is 0. The summed E-state index contributed by atoms with van der Waals surface area (Å²) < 4.78 is -0.187. The van der Waals surface area contributed by atoms with Crippen LogP contribution in [0.4, 0.5) is 0 Å². The normalized spacial score (nSPS) is 16.7. The van der Waals surface area contributed by atoms with Crippen molar-refractivity contribution in [3.63, 3.8) is 0 Å². The van der Waals surface area contributed by atoms with Crippen molar-refractivity contribution in [3.05, 3.63) is 128 Å². The molecule has 0 nitrogen and oxygen atoms in total. The van der Waals surface area contributed by atoms with Gasteiger partial charge in [0, 0.05) is 0 Å². The van der Waals surface area contributed by atoms with Crippen LogP contribution in [0.25, 0.3) is 0 Å². The van der Waals surface area contributed by atoms with Gasteiger partial charge < -0.3 is 37.2 Å². The fraction of sp³-hybridized carbons (Fsp3) is 0.290. The van der Waals surface area contributed by atoms with E-state index in [0.717, 1.165) is 0 Å². The molecular weight excluding hydrogens is 527 g/mol. The average Bonchev–Trinajstić information content (AvgIpc) is 2.99. The van der Waals surface area contributed by atoms with E-state index < -0.39 is 0 Å².